The van der Waals surface area contributed by atoms with Crippen LogP contribution in [0.25, 0.3) is 0 Å². The number of pyridine rings is 2. The molecule has 3 aromatic rings. The predicted octanol–water partition coefficient (Wildman–Crippen LogP) is 3.39. The van der Waals surface area contributed by atoms with E-state index in [0.29, 0.717) is 6.61 Å². The number of ether oxygens (including phenoxy) is 2. The van der Waals surface area contributed by atoms with Gasteiger partial charge in [-0.2, -0.15) is 0 Å². The van der Waals surface area contributed by atoms with E-state index in [4.69, 9.17) is 9.47 Å². The molecule has 0 saturated carbocycles. The van der Waals surface area contributed by atoms with Crippen LogP contribution < -0.4 is 4.74 Å². The van der Waals surface area contributed by atoms with Crippen LogP contribution in [-0.2, 0) is 24.4 Å². The fourth-order valence-electron chi connectivity index (χ4n) is 3.72. The van der Waals surface area contributed by atoms with Crippen molar-refractivity contribution in [2.24, 2.45) is 0 Å². The lowest BCUT2D eigenvalue weighted by atomic mass is 10.1. The molecule has 0 aliphatic carbocycles. The molecule has 0 spiro atoms. The van der Waals surface area contributed by atoms with Crippen molar-refractivity contribution in [3.8, 4) is 5.75 Å². The van der Waals surface area contributed by atoms with E-state index in [2.05, 4.69) is 38.0 Å². The first-order valence-electron chi connectivity index (χ1n) is 10.9. The maximum atomic E-state index is 6.14. The maximum absolute atomic E-state index is 6.14. The van der Waals surface area contributed by atoms with Crippen LogP contribution in [0.4, 0.5) is 0 Å². The van der Waals surface area contributed by atoms with Crippen molar-refractivity contribution in [3.05, 3.63) is 90.0 Å². The number of benzene rings is 1. The number of aromatic nitrogens is 2. The molecule has 1 saturated heterocycles. The van der Waals surface area contributed by atoms with Gasteiger partial charge < -0.3 is 9.47 Å². The molecule has 0 unspecified atom stereocenters. The van der Waals surface area contributed by atoms with Gasteiger partial charge in [0, 0.05) is 63.4 Å². The molecular weight excluding hydrogens is 388 g/mol. The quantitative estimate of drug-likeness (QED) is 0.503. The Balaban J connectivity index is 1.43. The Morgan fingerprint density at radius 1 is 0.935 bits per heavy atom. The first-order chi connectivity index (χ1) is 15.4. The van der Waals surface area contributed by atoms with Crippen molar-refractivity contribution in [2.75, 3.05) is 39.4 Å². The highest BCUT2D eigenvalue weighted by Gasteiger charge is 2.15. The van der Waals surface area contributed by atoms with Gasteiger partial charge in [0.15, 0.2) is 0 Å². The molecule has 2 aromatic heterocycles. The fourth-order valence-corrected chi connectivity index (χ4v) is 3.72. The minimum atomic E-state index is 0.467. The molecule has 0 atom stereocenters. The molecule has 3 heterocycles. The summed E-state index contributed by atoms with van der Waals surface area (Å²) in [6.07, 6.45) is 5.57. The topological polar surface area (TPSA) is 50.7 Å². The van der Waals surface area contributed by atoms with Crippen molar-refractivity contribution in [2.45, 2.75) is 19.7 Å². The Bertz CT molecular complexity index is 902. The van der Waals surface area contributed by atoms with Crippen molar-refractivity contribution in [3.63, 3.8) is 0 Å². The maximum Gasteiger partial charge on any atom is 0.130 e. The van der Waals surface area contributed by atoms with Crippen LogP contribution in [0.5, 0.6) is 5.75 Å². The van der Waals surface area contributed by atoms with E-state index in [1.54, 1.807) is 6.20 Å². The Labute approximate surface area is 184 Å². The lowest BCUT2D eigenvalue weighted by Crippen LogP contribution is -2.41. The van der Waals surface area contributed by atoms with Gasteiger partial charge in [0.25, 0.3) is 0 Å². The van der Waals surface area contributed by atoms with Crippen LogP contribution in [0.3, 0.4) is 0 Å². The molecule has 0 bridgehead atoms. The predicted molar refractivity (Wildman–Crippen MR) is 121 cm³/mol. The summed E-state index contributed by atoms with van der Waals surface area (Å²) in [5.41, 5.74) is 3.33. The summed E-state index contributed by atoms with van der Waals surface area (Å²) in [5.74, 6) is 0.913. The molecule has 4 rings (SSSR count). The van der Waals surface area contributed by atoms with E-state index in [1.165, 1.54) is 11.1 Å². The molecule has 0 N–H and O–H groups in total. The minimum absolute atomic E-state index is 0.467. The fraction of sp³-hybridized carbons (Fsp3) is 0.360. The molecule has 6 nitrogen and oxygen atoms in total. The molecular formula is C25H30N4O2. The summed E-state index contributed by atoms with van der Waals surface area (Å²) < 4.78 is 11.6. The van der Waals surface area contributed by atoms with Gasteiger partial charge in [-0.15, -0.1) is 0 Å². The van der Waals surface area contributed by atoms with E-state index >= 15 is 0 Å². The first-order valence-corrected chi connectivity index (χ1v) is 10.9. The number of nitrogens with zero attached hydrogens (tertiary/aromatic N) is 4. The third-order valence-electron chi connectivity index (χ3n) is 5.43. The molecule has 1 fully saturated rings. The molecule has 1 aromatic carbocycles. The summed E-state index contributed by atoms with van der Waals surface area (Å²) in [5, 5.41) is 0. The van der Waals surface area contributed by atoms with Crippen molar-refractivity contribution >= 4 is 0 Å². The Morgan fingerprint density at radius 2 is 1.81 bits per heavy atom. The van der Waals surface area contributed by atoms with Gasteiger partial charge in [0.2, 0.25) is 0 Å². The van der Waals surface area contributed by atoms with Gasteiger partial charge in [-0.3, -0.25) is 19.8 Å². The molecule has 1 aliphatic rings. The van der Waals surface area contributed by atoms with Crippen molar-refractivity contribution < 1.29 is 9.47 Å². The standard InChI is InChI=1S/C25H30N4O2/c1-2-9-25(31-21-24-8-3-4-11-27-24)23(7-1)20-29(19-22-6-5-10-26-18-22)13-12-28-14-16-30-17-15-28/h1-11,18H,12-17,19-21H2. The molecule has 6 heteroatoms. The molecule has 31 heavy (non-hydrogen) atoms. The minimum Gasteiger partial charge on any atom is -0.487 e. The van der Waals surface area contributed by atoms with Crippen LogP contribution in [0, 0.1) is 0 Å². The zero-order valence-electron chi connectivity index (χ0n) is 17.9. The largest absolute Gasteiger partial charge is 0.487 e. The summed E-state index contributed by atoms with van der Waals surface area (Å²) in [6, 6.07) is 18.3. The second-order valence-electron chi connectivity index (χ2n) is 7.74. The van der Waals surface area contributed by atoms with Crippen LogP contribution in [-0.4, -0.2) is 59.2 Å². The lowest BCUT2D eigenvalue weighted by Gasteiger charge is -2.30. The first kappa shape index (κ1) is 21.4. The molecule has 0 radical (unpaired) electrons. The molecule has 1 aliphatic heterocycles. The van der Waals surface area contributed by atoms with E-state index < -0.39 is 0 Å². The van der Waals surface area contributed by atoms with E-state index in [1.807, 2.05) is 48.8 Å². The average Bonchev–Trinajstić information content (AvgIpc) is 2.84. The summed E-state index contributed by atoms with van der Waals surface area (Å²) in [7, 11) is 0. The molecule has 162 valence electrons. The SMILES string of the molecule is c1ccc(COc2ccccc2CN(CCN2CCOCC2)Cc2cccnc2)nc1. The number of para-hydroxylation sites is 1. The van der Waals surface area contributed by atoms with E-state index in [0.717, 1.165) is 63.9 Å². The van der Waals surface area contributed by atoms with Gasteiger partial charge in [-0.05, 0) is 29.8 Å². The number of morpholine rings is 1. The smallest absolute Gasteiger partial charge is 0.130 e. The van der Waals surface area contributed by atoms with Crippen LogP contribution >= 0.6 is 0 Å². The van der Waals surface area contributed by atoms with Crippen molar-refractivity contribution in [1.82, 2.24) is 19.8 Å². The highest BCUT2D eigenvalue weighted by Crippen LogP contribution is 2.22. The number of hydrogen-bond donors (Lipinski definition) is 0. The normalized spacial score (nSPS) is 14.6. The second kappa shape index (κ2) is 11.6. The highest BCUT2D eigenvalue weighted by molar-refractivity contribution is 5.33. The third kappa shape index (κ3) is 6.85. The average molecular weight is 419 g/mol. The van der Waals surface area contributed by atoms with Gasteiger partial charge in [-0.1, -0.05) is 30.3 Å². The molecule has 0 amide bonds. The highest BCUT2D eigenvalue weighted by atomic mass is 16.5. The second-order valence-corrected chi connectivity index (χ2v) is 7.74. The van der Waals surface area contributed by atoms with Crippen LogP contribution in [0.1, 0.15) is 16.8 Å². The number of rotatable bonds is 10. The van der Waals surface area contributed by atoms with Crippen molar-refractivity contribution in [1.29, 1.82) is 0 Å². The Morgan fingerprint density at radius 3 is 2.61 bits per heavy atom. The third-order valence-corrected chi connectivity index (χ3v) is 5.43. The summed E-state index contributed by atoms with van der Waals surface area (Å²) >= 11 is 0. The Kier molecular flexibility index (Phi) is 7.99. The monoisotopic (exact) mass is 418 g/mol. The zero-order chi connectivity index (χ0) is 21.1. The Hall–Kier alpha value is -2.80. The van der Waals surface area contributed by atoms with Crippen LogP contribution in [0.15, 0.2) is 73.2 Å². The van der Waals surface area contributed by atoms with E-state index in [9.17, 15) is 0 Å². The summed E-state index contributed by atoms with van der Waals surface area (Å²) in [6.45, 7) is 7.80. The van der Waals surface area contributed by atoms with Gasteiger partial charge in [0.1, 0.15) is 12.4 Å². The zero-order valence-corrected chi connectivity index (χ0v) is 17.9. The lowest BCUT2D eigenvalue weighted by molar-refractivity contribution is 0.0324. The van der Waals surface area contributed by atoms with Gasteiger partial charge >= 0.3 is 0 Å². The van der Waals surface area contributed by atoms with Crippen LogP contribution in [0.2, 0.25) is 0 Å². The van der Waals surface area contributed by atoms with Gasteiger partial charge in [0.05, 0.1) is 18.9 Å². The summed E-state index contributed by atoms with van der Waals surface area (Å²) in [4.78, 5) is 13.6. The number of hydrogen-bond acceptors (Lipinski definition) is 6. The van der Waals surface area contributed by atoms with Gasteiger partial charge in [-0.25, -0.2) is 0 Å². The van der Waals surface area contributed by atoms with E-state index in [-0.39, 0.29) is 0 Å².